The van der Waals surface area contributed by atoms with Gasteiger partial charge in [0.1, 0.15) is 0 Å². The average molecular weight is 180 g/mol. The maximum atomic E-state index is 11.9. The quantitative estimate of drug-likeness (QED) is 0.614. The first-order valence-electron chi connectivity index (χ1n) is 3.95. The van der Waals surface area contributed by atoms with Crippen LogP contribution in [0.4, 0.5) is 13.2 Å². The van der Waals surface area contributed by atoms with E-state index in [9.17, 15) is 13.2 Å². The summed E-state index contributed by atoms with van der Waals surface area (Å²) in [5.74, 6) is 0. The third-order valence-electron chi connectivity index (χ3n) is 1.99. The van der Waals surface area contributed by atoms with Crippen molar-refractivity contribution in [2.75, 3.05) is 0 Å². The topological polar surface area (TPSA) is 20.2 Å². The minimum absolute atomic E-state index is 0.133. The Balaban J connectivity index is 2.62. The minimum atomic E-state index is -4.50. The second-order valence-corrected chi connectivity index (χ2v) is 2.97. The summed E-state index contributed by atoms with van der Waals surface area (Å²) in [6.45, 7) is 0. The molecule has 0 fully saturated rings. The van der Waals surface area contributed by atoms with E-state index in [4.69, 9.17) is 5.11 Å². The molecule has 1 nitrogen and oxygen atoms in total. The fourth-order valence-corrected chi connectivity index (χ4v) is 1.32. The highest BCUT2D eigenvalue weighted by Gasteiger charge is 2.40. The second-order valence-electron chi connectivity index (χ2n) is 2.97. The van der Waals surface area contributed by atoms with Crippen molar-refractivity contribution in [2.45, 2.75) is 38.0 Å². The first kappa shape index (κ1) is 9.58. The van der Waals surface area contributed by atoms with Gasteiger partial charge < -0.3 is 5.11 Å². The van der Waals surface area contributed by atoms with Crippen LogP contribution in [0.5, 0.6) is 0 Å². The zero-order chi connectivity index (χ0) is 9.19. The monoisotopic (exact) mass is 180 g/mol. The molecule has 4 heteroatoms. The number of alkyl halides is 3. The standard InChI is InChI=1S/C8H11F3O/c9-8(10,11)7(12)6-4-2-1-3-5-6/h4,7,12H,1-3,5H2. The predicted molar refractivity (Wildman–Crippen MR) is 38.6 cm³/mol. The maximum absolute atomic E-state index is 11.9. The van der Waals surface area contributed by atoms with Crippen molar-refractivity contribution in [1.82, 2.24) is 0 Å². The summed E-state index contributed by atoms with van der Waals surface area (Å²) in [6.07, 6.45) is -2.53. The van der Waals surface area contributed by atoms with Crippen LogP contribution in [-0.4, -0.2) is 17.4 Å². The molecule has 0 saturated heterocycles. The summed E-state index contributed by atoms with van der Waals surface area (Å²) >= 11 is 0. The van der Waals surface area contributed by atoms with Gasteiger partial charge in [-0.05, 0) is 31.3 Å². The number of hydrogen-bond acceptors (Lipinski definition) is 1. The van der Waals surface area contributed by atoms with Crippen LogP contribution >= 0.6 is 0 Å². The molecule has 0 aromatic rings. The van der Waals surface area contributed by atoms with Crippen LogP contribution in [0.1, 0.15) is 25.7 Å². The van der Waals surface area contributed by atoms with Crippen LogP contribution in [0.2, 0.25) is 0 Å². The van der Waals surface area contributed by atoms with E-state index in [2.05, 4.69) is 0 Å². The third kappa shape index (κ3) is 2.24. The van der Waals surface area contributed by atoms with E-state index in [1.54, 1.807) is 0 Å². The molecular formula is C8H11F3O. The second kappa shape index (κ2) is 3.47. The molecule has 0 spiro atoms. The van der Waals surface area contributed by atoms with Gasteiger partial charge in [0.2, 0.25) is 0 Å². The predicted octanol–water partition coefficient (Wildman–Crippen LogP) is 2.41. The Hall–Kier alpha value is -0.510. The van der Waals surface area contributed by atoms with Crippen molar-refractivity contribution in [3.05, 3.63) is 11.6 Å². The number of allylic oxidation sites excluding steroid dienone is 1. The highest BCUT2D eigenvalue weighted by molar-refractivity contribution is 5.12. The summed E-state index contributed by atoms with van der Waals surface area (Å²) in [7, 11) is 0. The van der Waals surface area contributed by atoms with E-state index >= 15 is 0 Å². The Morgan fingerprint density at radius 1 is 1.33 bits per heavy atom. The summed E-state index contributed by atoms with van der Waals surface area (Å²) in [6, 6.07) is 0. The lowest BCUT2D eigenvalue weighted by Gasteiger charge is -2.20. The van der Waals surface area contributed by atoms with Gasteiger partial charge in [0, 0.05) is 0 Å². The van der Waals surface area contributed by atoms with Gasteiger partial charge in [-0.2, -0.15) is 13.2 Å². The Labute approximate surface area is 68.9 Å². The summed E-state index contributed by atoms with van der Waals surface area (Å²) in [5, 5.41) is 8.82. The Bertz CT molecular complexity index is 183. The zero-order valence-electron chi connectivity index (χ0n) is 6.56. The summed E-state index contributed by atoms with van der Waals surface area (Å²) in [4.78, 5) is 0. The van der Waals surface area contributed by atoms with Crippen molar-refractivity contribution in [3.63, 3.8) is 0 Å². The molecule has 0 aromatic heterocycles. The van der Waals surface area contributed by atoms with Crippen LogP contribution in [-0.2, 0) is 0 Å². The van der Waals surface area contributed by atoms with E-state index in [1.165, 1.54) is 6.08 Å². The molecule has 0 heterocycles. The van der Waals surface area contributed by atoms with Crippen molar-refractivity contribution in [3.8, 4) is 0 Å². The fourth-order valence-electron chi connectivity index (χ4n) is 1.32. The lowest BCUT2D eigenvalue weighted by Crippen LogP contribution is -2.30. The molecule has 1 aliphatic carbocycles. The van der Waals surface area contributed by atoms with Crippen LogP contribution in [0.3, 0.4) is 0 Å². The third-order valence-corrected chi connectivity index (χ3v) is 1.99. The summed E-state index contributed by atoms with van der Waals surface area (Å²) < 4.78 is 35.8. The molecule has 0 aromatic carbocycles. The van der Waals surface area contributed by atoms with Crippen molar-refractivity contribution < 1.29 is 18.3 Å². The van der Waals surface area contributed by atoms with Gasteiger partial charge >= 0.3 is 6.18 Å². The molecule has 1 aliphatic rings. The van der Waals surface area contributed by atoms with Crippen LogP contribution in [0.25, 0.3) is 0 Å². The maximum Gasteiger partial charge on any atom is 0.418 e. The van der Waals surface area contributed by atoms with Gasteiger partial charge in [0.05, 0.1) is 0 Å². The van der Waals surface area contributed by atoms with Crippen molar-refractivity contribution in [2.24, 2.45) is 0 Å². The van der Waals surface area contributed by atoms with Gasteiger partial charge in [0.25, 0.3) is 0 Å². The van der Waals surface area contributed by atoms with Crippen LogP contribution in [0.15, 0.2) is 11.6 Å². The normalized spacial score (nSPS) is 21.8. The zero-order valence-corrected chi connectivity index (χ0v) is 6.56. The van der Waals surface area contributed by atoms with Gasteiger partial charge in [-0.1, -0.05) is 6.08 Å². The Morgan fingerprint density at radius 2 is 2.00 bits per heavy atom. The van der Waals surface area contributed by atoms with E-state index < -0.39 is 12.3 Å². The molecule has 1 unspecified atom stereocenters. The minimum Gasteiger partial charge on any atom is -0.379 e. The molecular weight excluding hydrogens is 169 g/mol. The Morgan fingerprint density at radius 3 is 2.42 bits per heavy atom. The fraction of sp³-hybridized carbons (Fsp3) is 0.750. The van der Waals surface area contributed by atoms with E-state index in [1.807, 2.05) is 0 Å². The van der Waals surface area contributed by atoms with Crippen molar-refractivity contribution >= 4 is 0 Å². The van der Waals surface area contributed by atoms with Crippen molar-refractivity contribution in [1.29, 1.82) is 0 Å². The Kier molecular flexibility index (Phi) is 2.77. The largest absolute Gasteiger partial charge is 0.418 e. The molecule has 1 N–H and O–H groups in total. The number of rotatable bonds is 1. The molecule has 0 radical (unpaired) electrons. The molecule has 0 aliphatic heterocycles. The first-order chi connectivity index (χ1) is 5.52. The van der Waals surface area contributed by atoms with Gasteiger partial charge in [-0.15, -0.1) is 0 Å². The molecule has 1 rings (SSSR count). The average Bonchev–Trinajstić information content (AvgIpc) is 2.03. The number of aliphatic hydroxyl groups is 1. The van der Waals surface area contributed by atoms with E-state index in [0.717, 1.165) is 12.8 Å². The molecule has 70 valence electrons. The first-order valence-corrected chi connectivity index (χ1v) is 3.95. The number of halogens is 3. The molecule has 0 amide bonds. The molecule has 0 saturated carbocycles. The number of aliphatic hydroxyl groups excluding tert-OH is 1. The lowest BCUT2D eigenvalue weighted by atomic mass is 9.95. The smallest absolute Gasteiger partial charge is 0.379 e. The highest BCUT2D eigenvalue weighted by atomic mass is 19.4. The lowest BCUT2D eigenvalue weighted by molar-refractivity contribution is -0.192. The number of hydrogen-bond donors (Lipinski definition) is 1. The van der Waals surface area contributed by atoms with E-state index in [-0.39, 0.29) is 5.57 Å². The molecule has 1 atom stereocenters. The van der Waals surface area contributed by atoms with Gasteiger partial charge in [-0.25, -0.2) is 0 Å². The van der Waals surface area contributed by atoms with Gasteiger partial charge in [0.15, 0.2) is 6.10 Å². The SMILES string of the molecule is OC(C1=CCCCC1)C(F)(F)F. The molecule has 0 bridgehead atoms. The highest BCUT2D eigenvalue weighted by Crippen LogP contribution is 2.30. The molecule has 12 heavy (non-hydrogen) atoms. The van der Waals surface area contributed by atoms with Crippen LogP contribution < -0.4 is 0 Å². The van der Waals surface area contributed by atoms with E-state index in [0.29, 0.717) is 12.8 Å². The van der Waals surface area contributed by atoms with Gasteiger partial charge in [-0.3, -0.25) is 0 Å². The summed E-state index contributed by atoms with van der Waals surface area (Å²) in [5.41, 5.74) is 0.133. The van der Waals surface area contributed by atoms with Crippen LogP contribution in [0, 0.1) is 0 Å².